The van der Waals surface area contributed by atoms with E-state index in [1.165, 1.54) is 5.56 Å². The van der Waals surface area contributed by atoms with E-state index in [4.69, 9.17) is 9.15 Å². The molecule has 33 heavy (non-hydrogen) atoms. The molecule has 1 saturated heterocycles. The van der Waals surface area contributed by atoms with E-state index in [2.05, 4.69) is 44.5 Å². The number of aromatic nitrogens is 5. The molecule has 9 nitrogen and oxygen atoms in total. The van der Waals surface area contributed by atoms with Gasteiger partial charge in [-0.25, -0.2) is 4.68 Å². The molecule has 0 bridgehead atoms. The lowest BCUT2D eigenvalue weighted by Gasteiger charge is -2.24. The van der Waals surface area contributed by atoms with Crippen LogP contribution in [0.3, 0.4) is 0 Å². The molecule has 1 aromatic carbocycles. The number of benzene rings is 1. The van der Waals surface area contributed by atoms with Crippen LogP contribution in [0.4, 0.5) is 0 Å². The number of aromatic amines is 1. The fourth-order valence-corrected chi connectivity index (χ4v) is 4.35. The zero-order valence-corrected chi connectivity index (χ0v) is 18.7. The van der Waals surface area contributed by atoms with Crippen LogP contribution in [0, 0.1) is 0 Å². The van der Waals surface area contributed by atoms with Gasteiger partial charge in [-0.15, -0.1) is 5.10 Å². The summed E-state index contributed by atoms with van der Waals surface area (Å²) < 4.78 is 13.1. The Labute approximate surface area is 191 Å². The van der Waals surface area contributed by atoms with E-state index in [1.807, 2.05) is 24.3 Å². The zero-order chi connectivity index (χ0) is 22.6. The summed E-state index contributed by atoms with van der Waals surface area (Å²) in [5.74, 6) is 1.50. The van der Waals surface area contributed by atoms with Crippen LogP contribution in [0.5, 0.6) is 0 Å². The molecule has 5 rings (SSSR count). The first-order valence-electron chi connectivity index (χ1n) is 11.4. The maximum absolute atomic E-state index is 12.9. The van der Waals surface area contributed by atoms with E-state index in [0.717, 1.165) is 53.9 Å². The van der Waals surface area contributed by atoms with Gasteiger partial charge in [-0.1, -0.05) is 13.0 Å². The van der Waals surface area contributed by atoms with Crippen molar-refractivity contribution in [1.82, 2.24) is 30.1 Å². The Bertz CT molecular complexity index is 1260. The van der Waals surface area contributed by atoms with Crippen LogP contribution in [0.15, 0.2) is 51.9 Å². The highest BCUT2D eigenvalue weighted by molar-refractivity contribution is 5.79. The fourth-order valence-electron chi connectivity index (χ4n) is 4.35. The SMILES string of the molecule is CCc1ccc2[nH]c(=O)c(CN(Cc3nnnn3Cc3ccco3)C[C@H]3CCCO3)cc2c1. The van der Waals surface area contributed by atoms with Gasteiger partial charge in [-0.3, -0.25) is 9.69 Å². The second-order valence-electron chi connectivity index (χ2n) is 8.54. The molecule has 0 amide bonds. The van der Waals surface area contributed by atoms with Gasteiger partial charge in [0, 0.05) is 30.8 Å². The van der Waals surface area contributed by atoms with Gasteiger partial charge >= 0.3 is 0 Å². The lowest BCUT2D eigenvalue weighted by atomic mass is 10.1. The number of fused-ring (bicyclic) bond motifs is 1. The number of nitrogens with zero attached hydrogens (tertiary/aromatic N) is 5. The van der Waals surface area contributed by atoms with Gasteiger partial charge in [0.25, 0.3) is 5.56 Å². The third-order valence-corrected chi connectivity index (χ3v) is 6.13. The van der Waals surface area contributed by atoms with E-state index in [1.54, 1.807) is 10.9 Å². The van der Waals surface area contributed by atoms with E-state index in [9.17, 15) is 4.79 Å². The lowest BCUT2D eigenvalue weighted by Crippen LogP contribution is -2.34. The molecule has 0 radical (unpaired) electrons. The molecular weight excluding hydrogens is 420 g/mol. The standard InChI is InChI=1S/C24H28N6O3/c1-2-17-7-8-22-18(11-17)12-19(24(31)25-22)13-29(14-20-5-3-9-32-20)16-23-26-27-28-30(23)15-21-6-4-10-33-21/h4,6-8,10-12,20H,2-3,5,9,13-16H2,1H3,(H,25,31)/t20-/m1/s1. The van der Waals surface area contributed by atoms with E-state index in [0.29, 0.717) is 26.2 Å². The summed E-state index contributed by atoms with van der Waals surface area (Å²) in [7, 11) is 0. The highest BCUT2D eigenvalue weighted by Crippen LogP contribution is 2.19. The summed E-state index contributed by atoms with van der Waals surface area (Å²) in [5.41, 5.74) is 2.75. The number of hydrogen-bond acceptors (Lipinski definition) is 7. The van der Waals surface area contributed by atoms with Crippen molar-refractivity contribution in [3.05, 3.63) is 75.7 Å². The summed E-state index contributed by atoms with van der Waals surface area (Å²) in [6.45, 7) is 5.06. The van der Waals surface area contributed by atoms with Crippen molar-refractivity contribution in [2.75, 3.05) is 13.2 Å². The van der Waals surface area contributed by atoms with Gasteiger partial charge in [0.1, 0.15) is 12.3 Å². The first-order valence-corrected chi connectivity index (χ1v) is 11.4. The molecule has 0 saturated carbocycles. The molecule has 1 aliphatic heterocycles. The molecule has 4 aromatic rings. The van der Waals surface area contributed by atoms with Crippen molar-refractivity contribution < 1.29 is 9.15 Å². The molecule has 9 heteroatoms. The van der Waals surface area contributed by atoms with Crippen LogP contribution in [-0.4, -0.2) is 49.3 Å². The van der Waals surface area contributed by atoms with Crippen LogP contribution in [-0.2, 0) is 30.8 Å². The Morgan fingerprint density at radius 3 is 2.97 bits per heavy atom. The number of furan rings is 1. The van der Waals surface area contributed by atoms with Crippen LogP contribution < -0.4 is 5.56 Å². The highest BCUT2D eigenvalue weighted by atomic mass is 16.5. The van der Waals surface area contributed by atoms with Crippen molar-refractivity contribution in [3.8, 4) is 0 Å². The Hall–Kier alpha value is -3.30. The number of hydrogen-bond donors (Lipinski definition) is 1. The van der Waals surface area contributed by atoms with Crippen LogP contribution in [0.2, 0.25) is 0 Å². The Kier molecular flexibility index (Phi) is 6.32. The highest BCUT2D eigenvalue weighted by Gasteiger charge is 2.22. The van der Waals surface area contributed by atoms with Crippen molar-refractivity contribution in [2.45, 2.75) is 51.9 Å². The monoisotopic (exact) mass is 448 g/mol. The number of ether oxygens (including phenoxy) is 1. The number of H-pyrrole nitrogens is 1. The molecule has 1 N–H and O–H groups in total. The van der Waals surface area contributed by atoms with Crippen LogP contribution in [0.1, 0.15) is 42.5 Å². The van der Waals surface area contributed by atoms with Gasteiger partial charge < -0.3 is 14.1 Å². The second-order valence-corrected chi connectivity index (χ2v) is 8.54. The molecular formula is C24H28N6O3. The fraction of sp³-hybridized carbons (Fsp3) is 0.417. The van der Waals surface area contributed by atoms with E-state index >= 15 is 0 Å². The van der Waals surface area contributed by atoms with Crippen LogP contribution >= 0.6 is 0 Å². The van der Waals surface area contributed by atoms with Gasteiger partial charge in [0.2, 0.25) is 0 Å². The molecule has 1 aliphatic rings. The summed E-state index contributed by atoms with van der Waals surface area (Å²) in [5, 5.41) is 13.3. The average molecular weight is 449 g/mol. The first-order chi connectivity index (χ1) is 16.2. The maximum atomic E-state index is 12.9. The number of nitrogens with one attached hydrogen (secondary N) is 1. The maximum Gasteiger partial charge on any atom is 0.252 e. The Morgan fingerprint density at radius 2 is 2.18 bits per heavy atom. The molecule has 0 aliphatic carbocycles. The largest absolute Gasteiger partial charge is 0.467 e. The predicted molar refractivity (Wildman–Crippen MR) is 123 cm³/mol. The van der Waals surface area contributed by atoms with Crippen LogP contribution in [0.25, 0.3) is 10.9 Å². The van der Waals surface area contributed by atoms with Crippen molar-refractivity contribution in [1.29, 1.82) is 0 Å². The number of rotatable bonds is 9. The number of aryl methyl sites for hydroxylation is 1. The Balaban J connectivity index is 1.41. The summed E-state index contributed by atoms with van der Waals surface area (Å²) in [6, 6.07) is 11.9. The Morgan fingerprint density at radius 1 is 1.24 bits per heavy atom. The summed E-state index contributed by atoms with van der Waals surface area (Å²) >= 11 is 0. The second kappa shape index (κ2) is 9.68. The lowest BCUT2D eigenvalue weighted by molar-refractivity contribution is 0.0663. The molecule has 1 fully saturated rings. The van der Waals surface area contributed by atoms with Gasteiger partial charge in [-0.05, 0) is 71.0 Å². The van der Waals surface area contributed by atoms with Crippen molar-refractivity contribution >= 4 is 10.9 Å². The van der Waals surface area contributed by atoms with Crippen molar-refractivity contribution in [3.63, 3.8) is 0 Å². The quantitative estimate of drug-likeness (QED) is 0.420. The molecule has 1 atom stereocenters. The third kappa shape index (κ3) is 5.04. The van der Waals surface area contributed by atoms with Crippen molar-refractivity contribution in [2.24, 2.45) is 0 Å². The normalized spacial score (nSPS) is 16.2. The molecule has 0 spiro atoms. The van der Waals surface area contributed by atoms with E-state index in [-0.39, 0.29) is 11.7 Å². The van der Waals surface area contributed by atoms with Gasteiger partial charge in [0.05, 0.1) is 18.9 Å². The minimum absolute atomic E-state index is 0.0701. The molecule has 3 aromatic heterocycles. The zero-order valence-electron chi connectivity index (χ0n) is 18.7. The van der Waals surface area contributed by atoms with E-state index < -0.39 is 0 Å². The summed E-state index contributed by atoms with van der Waals surface area (Å²) in [6.07, 6.45) is 4.81. The number of tetrazole rings is 1. The number of pyridine rings is 1. The van der Waals surface area contributed by atoms with Gasteiger partial charge in [-0.2, -0.15) is 0 Å². The van der Waals surface area contributed by atoms with Gasteiger partial charge in [0.15, 0.2) is 5.82 Å². The molecule has 0 unspecified atom stereocenters. The summed E-state index contributed by atoms with van der Waals surface area (Å²) in [4.78, 5) is 18.1. The third-order valence-electron chi connectivity index (χ3n) is 6.13. The average Bonchev–Trinajstić information content (AvgIpc) is 3.59. The minimum atomic E-state index is -0.0701. The predicted octanol–water partition coefficient (Wildman–Crippen LogP) is 2.90. The first kappa shape index (κ1) is 21.5. The topological polar surface area (TPSA) is 102 Å². The minimum Gasteiger partial charge on any atom is -0.467 e. The molecule has 172 valence electrons. The molecule has 4 heterocycles. The smallest absolute Gasteiger partial charge is 0.252 e.